The van der Waals surface area contributed by atoms with Crippen LogP contribution in [0.4, 0.5) is 4.79 Å². The van der Waals surface area contributed by atoms with Gasteiger partial charge < -0.3 is 4.74 Å². The predicted molar refractivity (Wildman–Crippen MR) is 95.8 cm³/mol. The van der Waals surface area contributed by atoms with Crippen LogP contribution in [0.3, 0.4) is 0 Å². The first-order valence-corrected chi connectivity index (χ1v) is 8.91. The quantitative estimate of drug-likeness (QED) is 0.820. The van der Waals surface area contributed by atoms with Gasteiger partial charge in [0.25, 0.3) is 0 Å². The fourth-order valence-electron chi connectivity index (χ4n) is 4.43. The Labute approximate surface area is 145 Å². The maximum absolute atomic E-state index is 12.8. The maximum atomic E-state index is 12.8. The van der Waals surface area contributed by atoms with E-state index in [1.807, 2.05) is 25.7 Å². The van der Waals surface area contributed by atoms with Crippen LogP contribution in [-0.2, 0) is 11.3 Å². The molecule has 0 saturated carbocycles. The normalized spacial score (nSPS) is 30.5. The molecule has 0 spiro atoms. The SMILES string of the molecule is CC(C)(C)OC(=O)N1C2(C)CCC1(C)CN(Cc1ccccc1)C2. The van der Waals surface area contributed by atoms with Crippen LogP contribution >= 0.6 is 0 Å². The lowest BCUT2D eigenvalue weighted by Crippen LogP contribution is -2.67. The summed E-state index contributed by atoms with van der Waals surface area (Å²) in [6.45, 7) is 13.0. The number of hydrogen-bond acceptors (Lipinski definition) is 3. The highest BCUT2D eigenvalue weighted by Gasteiger charge is 2.57. The molecule has 2 fully saturated rings. The number of fused-ring (bicyclic) bond motifs is 2. The fraction of sp³-hybridized carbons (Fsp3) is 0.650. The third-order valence-corrected chi connectivity index (χ3v) is 5.24. The molecular weight excluding hydrogens is 300 g/mol. The summed E-state index contributed by atoms with van der Waals surface area (Å²) in [6.07, 6.45) is 1.91. The van der Waals surface area contributed by atoms with Gasteiger partial charge in [0.15, 0.2) is 0 Å². The van der Waals surface area contributed by atoms with E-state index in [0.29, 0.717) is 0 Å². The van der Waals surface area contributed by atoms with E-state index in [2.05, 4.69) is 49.1 Å². The van der Waals surface area contributed by atoms with E-state index < -0.39 is 5.60 Å². The number of rotatable bonds is 2. The molecule has 4 heteroatoms. The van der Waals surface area contributed by atoms with Crippen molar-refractivity contribution in [1.82, 2.24) is 9.80 Å². The lowest BCUT2D eigenvalue weighted by Gasteiger charge is -2.52. The average molecular weight is 330 g/mol. The average Bonchev–Trinajstić information content (AvgIpc) is 2.61. The van der Waals surface area contributed by atoms with Gasteiger partial charge in [0, 0.05) is 19.6 Å². The molecular formula is C20H30N2O2. The first kappa shape index (κ1) is 17.3. The highest BCUT2D eigenvalue weighted by atomic mass is 16.6. The van der Waals surface area contributed by atoms with Crippen LogP contribution < -0.4 is 0 Å². The van der Waals surface area contributed by atoms with Crippen molar-refractivity contribution in [3.8, 4) is 0 Å². The van der Waals surface area contributed by atoms with Crippen molar-refractivity contribution in [3.63, 3.8) is 0 Å². The molecule has 24 heavy (non-hydrogen) atoms. The molecule has 1 aromatic carbocycles. The number of nitrogens with zero attached hydrogens (tertiary/aromatic N) is 2. The minimum Gasteiger partial charge on any atom is -0.444 e. The van der Waals surface area contributed by atoms with Crippen LogP contribution in [-0.4, -0.2) is 45.7 Å². The number of amides is 1. The van der Waals surface area contributed by atoms with Crippen LogP contribution in [0.15, 0.2) is 30.3 Å². The number of benzene rings is 1. The first-order chi connectivity index (χ1) is 11.1. The smallest absolute Gasteiger partial charge is 0.411 e. The Bertz CT molecular complexity index is 590. The van der Waals surface area contributed by atoms with Gasteiger partial charge in [-0.15, -0.1) is 0 Å². The van der Waals surface area contributed by atoms with Gasteiger partial charge in [0.2, 0.25) is 0 Å². The number of likely N-dealkylation sites (tertiary alicyclic amines) is 1. The summed E-state index contributed by atoms with van der Waals surface area (Å²) in [6, 6.07) is 10.6. The van der Waals surface area contributed by atoms with E-state index in [4.69, 9.17) is 4.74 Å². The maximum Gasteiger partial charge on any atom is 0.411 e. The molecule has 2 heterocycles. The summed E-state index contributed by atoms with van der Waals surface area (Å²) in [7, 11) is 0. The van der Waals surface area contributed by atoms with E-state index in [1.165, 1.54) is 5.56 Å². The van der Waals surface area contributed by atoms with Gasteiger partial charge in [0.1, 0.15) is 5.60 Å². The van der Waals surface area contributed by atoms with Gasteiger partial charge in [-0.2, -0.15) is 0 Å². The monoisotopic (exact) mass is 330 g/mol. The molecule has 2 aliphatic heterocycles. The predicted octanol–water partition coefficient (Wildman–Crippen LogP) is 4.05. The number of piperazine rings is 1. The standard InChI is InChI=1S/C20H30N2O2/c1-18(2,3)24-17(23)22-19(4)11-12-20(22,5)15-21(14-19)13-16-9-7-6-8-10-16/h6-10H,11-15H2,1-5H3. The highest BCUT2D eigenvalue weighted by molar-refractivity contribution is 5.71. The Morgan fingerprint density at radius 3 is 2.12 bits per heavy atom. The molecule has 0 N–H and O–H groups in total. The van der Waals surface area contributed by atoms with Crippen molar-refractivity contribution in [1.29, 1.82) is 0 Å². The van der Waals surface area contributed by atoms with E-state index >= 15 is 0 Å². The highest BCUT2D eigenvalue weighted by Crippen LogP contribution is 2.46. The van der Waals surface area contributed by atoms with E-state index in [9.17, 15) is 4.79 Å². The topological polar surface area (TPSA) is 32.8 Å². The van der Waals surface area contributed by atoms with E-state index in [-0.39, 0.29) is 17.2 Å². The van der Waals surface area contributed by atoms with Gasteiger partial charge >= 0.3 is 6.09 Å². The Kier molecular flexibility index (Phi) is 4.15. The van der Waals surface area contributed by atoms with Crippen molar-refractivity contribution >= 4 is 6.09 Å². The van der Waals surface area contributed by atoms with Gasteiger partial charge in [-0.05, 0) is 53.0 Å². The van der Waals surface area contributed by atoms with Gasteiger partial charge in [-0.25, -0.2) is 4.79 Å². The molecule has 1 aromatic rings. The van der Waals surface area contributed by atoms with Crippen molar-refractivity contribution < 1.29 is 9.53 Å². The summed E-state index contributed by atoms with van der Waals surface area (Å²) >= 11 is 0. The number of hydrogen-bond donors (Lipinski definition) is 0. The Morgan fingerprint density at radius 2 is 1.62 bits per heavy atom. The molecule has 0 aromatic heterocycles. The number of carbonyl (C=O) groups excluding carboxylic acids is 1. The molecule has 2 aliphatic rings. The fourth-order valence-corrected chi connectivity index (χ4v) is 4.43. The second-order valence-corrected chi connectivity index (χ2v) is 8.94. The Hall–Kier alpha value is -1.55. The van der Waals surface area contributed by atoms with E-state index in [0.717, 1.165) is 32.5 Å². The Morgan fingerprint density at radius 1 is 1.08 bits per heavy atom. The summed E-state index contributed by atoms with van der Waals surface area (Å²) in [5, 5.41) is 0. The molecule has 4 nitrogen and oxygen atoms in total. The van der Waals surface area contributed by atoms with Crippen molar-refractivity contribution in [3.05, 3.63) is 35.9 Å². The van der Waals surface area contributed by atoms with Gasteiger partial charge in [0.05, 0.1) is 11.1 Å². The van der Waals surface area contributed by atoms with Crippen LogP contribution in [0, 0.1) is 0 Å². The second kappa shape index (κ2) is 5.76. The molecule has 0 radical (unpaired) electrons. The summed E-state index contributed by atoms with van der Waals surface area (Å²) < 4.78 is 5.71. The molecule has 3 rings (SSSR count). The largest absolute Gasteiger partial charge is 0.444 e. The molecule has 132 valence electrons. The van der Waals surface area contributed by atoms with Gasteiger partial charge in [-0.1, -0.05) is 30.3 Å². The zero-order chi connectivity index (χ0) is 17.6. The van der Waals surface area contributed by atoms with Crippen LogP contribution in [0.2, 0.25) is 0 Å². The zero-order valence-corrected chi connectivity index (χ0v) is 15.6. The molecule has 0 aliphatic carbocycles. The van der Waals surface area contributed by atoms with Crippen LogP contribution in [0.1, 0.15) is 53.0 Å². The minimum atomic E-state index is -0.454. The second-order valence-electron chi connectivity index (χ2n) is 8.94. The molecule has 2 bridgehead atoms. The van der Waals surface area contributed by atoms with E-state index in [1.54, 1.807) is 0 Å². The van der Waals surface area contributed by atoms with Gasteiger partial charge in [-0.3, -0.25) is 9.80 Å². The lowest BCUT2D eigenvalue weighted by molar-refractivity contribution is -0.0563. The van der Waals surface area contributed by atoms with Crippen LogP contribution in [0.25, 0.3) is 0 Å². The van der Waals surface area contributed by atoms with Crippen molar-refractivity contribution in [2.24, 2.45) is 0 Å². The zero-order valence-electron chi connectivity index (χ0n) is 15.6. The summed E-state index contributed by atoms with van der Waals surface area (Å²) in [5.74, 6) is 0. The number of ether oxygens (including phenoxy) is 1. The third-order valence-electron chi connectivity index (χ3n) is 5.24. The molecule has 1 amide bonds. The lowest BCUT2D eigenvalue weighted by atomic mass is 9.94. The van der Waals surface area contributed by atoms with Crippen molar-refractivity contribution in [2.45, 2.75) is 70.7 Å². The minimum absolute atomic E-state index is 0.149. The number of carbonyl (C=O) groups is 1. The third kappa shape index (κ3) is 3.30. The molecule has 2 atom stereocenters. The van der Waals surface area contributed by atoms with Crippen molar-refractivity contribution in [2.75, 3.05) is 13.1 Å². The molecule has 2 unspecified atom stereocenters. The first-order valence-electron chi connectivity index (χ1n) is 8.91. The van der Waals surface area contributed by atoms with Crippen LogP contribution in [0.5, 0.6) is 0 Å². The summed E-state index contributed by atoms with van der Waals surface area (Å²) in [4.78, 5) is 17.4. The summed E-state index contributed by atoms with van der Waals surface area (Å²) in [5.41, 5.74) is 0.577. The molecule has 2 saturated heterocycles. The Balaban J connectivity index is 1.78.